The minimum absolute atomic E-state index is 0.0349. The van der Waals surface area contributed by atoms with E-state index in [0.717, 1.165) is 16.5 Å². The minimum atomic E-state index is -1.21. The first-order valence-electron chi connectivity index (χ1n) is 7.94. The lowest BCUT2D eigenvalue weighted by atomic mass is 10.0. The van der Waals surface area contributed by atoms with Gasteiger partial charge in [-0.2, -0.15) is 0 Å². The number of carbonyl (C=O) groups excluding carboxylic acids is 1. The monoisotopic (exact) mass is 347 g/mol. The molecule has 0 unspecified atom stereocenters. The van der Waals surface area contributed by atoms with Crippen LogP contribution in [-0.4, -0.2) is 45.1 Å². The van der Waals surface area contributed by atoms with Crippen molar-refractivity contribution >= 4 is 28.7 Å². The Hall–Kier alpha value is -2.87. The third kappa shape index (κ3) is 5.05. The van der Waals surface area contributed by atoms with Crippen LogP contribution >= 0.6 is 0 Å². The van der Waals surface area contributed by atoms with Crippen molar-refractivity contribution in [2.24, 2.45) is 5.73 Å². The Morgan fingerprint density at radius 3 is 2.60 bits per heavy atom. The average Bonchev–Trinajstić information content (AvgIpc) is 2.96. The number of aromatic nitrogens is 1. The maximum atomic E-state index is 12.2. The van der Waals surface area contributed by atoms with Gasteiger partial charge >= 0.3 is 11.9 Å². The van der Waals surface area contributed by atoms with Crippen LogP contribution in [-0.2, 0) is 20.8 Å². The van der Waals surface area contributed by atoms with Gasteiger partial charge in [0.05, 0.1) is 6.04 Å². The molecule has 8 heteroatoms. The molecule has 0 spiro atoms. The molecule has 2 rings (SSSR count). The molecule has 8 nitrogen and oxygen atoms in total. The molecule has 2 aromatic rings. The molecule has 0 aliphatic carbocycles. The quantitative estimate of drug-likeness (QED) is 0.455. The van der Waals surface area contributed by atoms with Crippen LogP contribution in [0.3, 0.4) is 0 Å². The van der Waals surface area contributed by atoms with Crippen LogP contribution in [0.15, 0.2) is 30.5 Å². The van der Waals surface area contributed by atoms with E-state index >= 15 is 0 Å². The maximum absolute atomic E-state index is 12.2. The van der Waals surface area contributed by atoms with E-state index in [2.05, 4.69) is 10.3 Å². The van der Waals surface area contributed by atoms with Gasteiger partial charge in [0, 0.05) is 23.5 Å². The number of aromatic amines is 1. The van der Waals surface area contributed by atoms with E-state index in [1.54, 1.807) is 6.20 Å². The molecule has 134 valence electrons. The highest BCUT2D eigenvalue weighted by Crippen LogP contribution is 2.18. The molecule has 6 N–H and O–H groups in total. The number of carboxylic acid groups (broad SMARTS) is 2. The molecule has 0 fully saturated rings. The maximum Gasteiger partial charge on any atom is 0.326 e. The fraction of sp³-hybridized carbons (Fsp3) is 0.353. The van der Waals surface area contributed by atoms with Gasteiger partial charge in [-0.1, -0.05) is 18.2 Å². The van der Waals surface area contributed by atoms with Gasteiger partial charge in [0.2, 0.25) is 5.91 Å². The molecule has 25 heavy (non-hydrogen) atoms. The first-order chi connectivity index (χ1) is 11.9. The van der Waals surface area contributed by atoms with E-state index < -0.39 is 29.9 Å². The molecule has 1 amide bonds. The smallest absolute Gasteiger partial charge is 0.326 e. The second kappa shape index (κ2) is 8.29. The number of para-hydroxylation sites is 1. The van der Waals surface area contributed by atoms with Gasteiger partial charge in [0.15, 0.2) is 0 Å². The fourth-order valence-corrected chi connectivity index (χ4v) is 2.62. The third-order valence-corrected chi connectivity index (χ3v) is 3.95. The summed E-state index contributed by atoms with van der Waals surface area (Å²) in [7, 11) is 0. The Morgan fingerprint density at radius 1 is 1.20 bits per heavy atom. The van der Waals surface area contributed by atoms with Crippen molar-refractivity contribution in [3.63, 3.8) is 0 Å². The summed E-state index contributed by atoms with van der Waals surface area (Å²) in [6.45, 7) is 0. The first-order valence-corrected chi connectivity index (χ1v) is 7.94. The van der Waals surface area contributed by atoms with Gasteiger partial charge in [-0.3, -0.25) is 9.59 Å². The number of hydrogen-bond donors (Lipinski definition) is 5. The number of aliphatic carboxylic acids is 2. The van der Waals surface area contributed by atoms with Gasteiger partial charge < -0.3 is 26.2 Å². The van der Waals surface area contributed by atoms with Crippen LogP contribution in [0.1, 0.15) is 24.8 Å². The van der Waals surface area contributed by atoms with Crippen LogP contribution in [0.25, 0.3) is 10.9 Å². The molecule has 0 saturated carbocycles. The molecule has 0 aliphatic rings. The number of hydrogen-bond acceptors (Lipinski definition) is 4. The van der Waals surface area contributed by atoms with Gasteiger partial charge in [-0.15, -0.1) is 0 Å². The largest absolute Gasteiger partial charge is 0.481 e. The Morgan fingerprint density at radius 2 is 1.92 bits per heavy atom. The number of nitrogens with one attached hydrogen (secondary N) is 2. The van der Waals surface area contributed by atoms with Crippen LogP contribution < -0.4 is 11.1 Å². The van der Waals surface area contributed by atoms with Crippen LogP contribution in [0.5, 0.6) is 0 Å². The number of benzene rings is 1. The zero-order chi connectivity index (χ0) is 18.4. The van der Waals surface area contributed by atoms with E-state index in [1.807, 2.05) is 24.3 Å². The van der Waals surface area contributed by atoms with E-state index in [0.29, 0.717) is 0 Å². The minimum Gasteiger partial charge on any atom is -0.481 e. The second-order valence-electron chi connectivity index (χ2n) is 5.86. The van der Waals surface area contributed by atoms with Crippen molar-refractivity contribution in [3.8, 4) is 0 Å². The highest BCUT2D eigenvalue weighted by Gasteiger charge is 2.24. The van der Waals surface area contributed by atoms with Crippen molar-refractivity contribution in [1.82, 2.24) is 10.3 Å². The number of amides is 1. The summed E-state index contributed by atoms with van der Waals surface area (Å²) in [5, 5.41) is 21.1. The number of H-pyrrole nitrogens is 1. The summed E-state index contributed by atoms with van der Waals surface area (Å²) in [4.78, 5) is 37.0. The lowest BCUT2D eigenvalue weighted by molar-refractivity contribution is -0.142. The van der Waals surface area contributed by atoms with Crippen molar-refractivity contribution in [2.45, 2.75) is 37.8 Å². The van der Waals surface area contributed by atoms with Crippen molar-refractivity contribution in [2.75, 3.05) is 0 Å². The topological polar surface area (TPSA) is 146 Å². The highest BCUT2D eigenvalue weighted by atomic mass is 16.4. The molecule has 0 radical (unpaired) electrons. The Bertz CT molecular complexity index is 770. The number of nitrogens with two attached hydrogens (primary N) is 1. The Balaban J connectivity index is 1.95. The Labute approximate surface area is 144 Å². The highest BCUT2D eigenvalue weighted by molar-refractivity contribution is 5.88. The molecule has 1 aromatic carbocycles. The van der Waals surface area contributed by atoms with Gasteiger partial charge in [-0.05, 0) is 30.9 Å². The lowest BCUT2D eigenvalue weighted by Gasteiger charge is -2.17. The lowest BCUT2D eigenvalue weighted by Crippen LogP contribution is -2.49. The molecule has 0 bridgehead atoms. The SMILES string of the molecule is N[C@@H](Cc1c[nH]c2ccccc12)C(=O)N[C@@H](CCCC(=O)O)C(=O)O. The Kier molecular flexibility index (Phi) is 6.13. The molecule has 1 aromatic heterocycles. The third-order valence-electron chi connectivity index (χ3n) is 3.95. The molecule has 0 saturated heterocycles. The summed E-state index contributed by atoms with van der Waals surface area (Å²) in [6, 6.07) is 5.55. The summed E-state index contributed by atoms with van der Waals surface area (Å²) < 4.78 is 0. The predicted octanol–water partition coefficient (Wildman–Crippen LogP) is 0.862. The van der Waals surface area contributed by atoms with Crippen molar-refractivity contribution < 1.29 is 24.6 Å². The van der Waals surface area contributed by atoms with Crippen LogP contribution in [0, 0.1) is 0 Å². The van der Waals surface area contributed by atoms with Crippen LogP contribution in [0.4, 0.5) is 0 Å². The number of rotatable bonds is 9. The molecular formula is C17H21N3O5. The standard InChI is InChI=1S/C17H21N3O5/c18-12(8-10-9-19-13-5-2-1-4-11(10)13)16(23)20-14(17(24)25)6-3-7-15(21)22/h1-2,4-5,9,12,14,19H,3,6-8,18H2,(H,20,23)(H,21,22)(H,24,25)/t12-,14-/m0/s1. The first kappa shape index (κ1) is 18.5. The van der Waals surface area contributed by atoms with Gasteiger partial charge in [0.25, 0.3) is 0 Å². The molecular weight excluding hydrogens is 326 g/mol. The van der Waals surface area contributed by atoms with E-state index in [9.17, 15) is 14.4 Å². The number of carboxylic acids is 2. The van der Waals surface area contributed by atoms with Gasteiger partial charge in [0.1, 0.15) is 6.04 Å². The van der Waals surface area contributed by atoms with Gasteiger partial charge in [-0.25, -0.2) is 4.79 Å². The van der Waals surface area contributed by atoms with Crippen LogP contribution in [0.2, 0.25) is 0 Å². The fourth-order valence-electron chi connectivity index (χ4n) is 2.62. The van der Waals surface area contributed by atoms with E-state index in [4.69, 9.17) is 15.9 Å². The average molecular weight is 347 g/mol. The molecule has 0 aliphatic heterocycles. The normalized spacial score (nSPS) is 13.3. The summed E-state index contributed by atoms with van der Waals surface area (Å²) in [5.74, 6) is -2.79. The predicted molar refractivity (Wildman–Crippen MR) is 91.0 cm³/mol. The summed E-state index contributed by atoms with van der Waals surface area (Å²) >= 11 is 0. The van der Waals surface area contributed by atoms with E-state index in [1.165, 1.54) is 0 Å². The molecule has 2 atom stereocenters. The zero-order valence-electron chi connectivity index (χ0n) is 13.6. The van der Waals surface area contributed by atoms with Crippen molar-refractivity contribution in [1.29, 1.82) is 0 Å². The second-order valence-corrected chi connectivity index (χ2v) is 5.86. The summed E-state index contributed by atoms with van der Waals surface area (Å²) in [6.07, 6.45) is 2.08. The van der Waals surface area contributed by atoms with E-state index in [-0.39, 0.29) is 25.7 Å². The zero-order valence-corrected chi connectivity index (χ0v) is 13.6. The number of carbonyl (C=O) groups is 3. The summed E-state index contributed by atoms with van der Waals surface area (Å²) in [5.41, 5.74) is 7.72. The molecule has 1 heterocycles. The number of fused-ring (bicyclic) bond motifs is 1. The van der Waals surface area contributed by atoms with Crippen molar-refractivity contribution in [3.05, 3.63) is 36.0 Å².